The maximum atomic E-state index is 6.62. The highest BCUT2D eigenvalue weighted by atomic mass is 35.5. The van der Waals surface area contributed by atoms with Gasteiger partial charge in [0.15, 0.2) is 0 Å². The topological polar surface area (TPSA) is 12.9 Å². The first kappa shape index (κ1) is 13.4. The third-order valence-electron chi connectivity index (χ3n) is 3.03. The van der Waals surface area contributed by atoms with Crippen LogP contribution in [0.25, 0.3) is 0 Å². The van der Waals surface area contributed by atoms with Gasteiger partial charge in [-0.3, -0.25) is 4.98 Å². The zero-order valence-corrected chi connectivity index (χ0v) is 12.1. The van der Waals surface area contributed by atoms with E-state index in [0.29, 0.717) is 0 Å². The molecule has 0 amide bonds. The Bertz CT molecular complexity index is 501. The molecule has 1 nitrogen and oxygen atoms in total. The summed E-state index contributed by atoms with van der Waals surface area (Å²) in [5.74, 6) is 0.196. The van der Waals surface area contributed by atoms with E-state index in [4.69, 9.17) is 11.6 Å². The van der Waals surface area contributed by atoms with Crippen molar-refractivity contribution in [3.8, 4) is 0 Å². The Labute approximate surface area is 118 Å². The van der Waals surface area contributed by atoms with Gasteiger partial charge in [0.25, 0.3) is 0 Å². The lowest BCUT2D eigenvalue weighted by Gasteiger charge is -2.20. The van der Waals surface area contributed by atoms with Crippen LogP contribution in [0, 0.1) is 0 Å². The van der Waals surface area contributed by atoms with E-state index in [1.807, 2.05) is 36.5 Å². The van der Waals surface area contributed by atoms with Crippen LogP contribution in [0.1, 0.15) is 29.5 Å². The molecule has 18 heavy (non-hydrogen) atoms. The van der Waals surface area contributed by atoms with Crippen molar-refractivity contribution in [3.05, 3.63) is 59.9 Å². The Morgan fingerprint density at radius 3 is 2.50 bits per heavy atom. The van der Waals surface area contributed by atoms with Gasteiger partial charge in [-0.1, -0.05) is 31.2 Å². The van der Waals surface area contributed by atoms with Crippen LogP contribution < -0.4 is 0 Å². The summed E-state index contributed by atoms with van der Waals surface area (Å²) in [7, 11) is 0. The lowest BCUT2D eigenvalue weighted by molar-refractivity contribution is 0.698. The minimum absolute atomic E-state index is 0.0523. The van der Waals surface area contributed by atoms with E-state index in [-0.39, 0.29) is 11.3 Å². The van der Waals surface area contributed by atoms with Gasteiger partial charge in [-0.05, 0) is 30.0 Å². The van der Waals surface area contributed by atoms with Crippen molar-refractivity contribution in [2.45, 2.75) is 23.1 Å². The van der Waals surface area contributed by atoms with Gasteiger partial charge in [0.1, 0.15) is 0 Å². The molecular weight excluding hydrogens is 262 g/mol. The van der Waals surface area contributed by atoms with Gasteiger partial charge < -0.3 is 0 Å². The van der Waals surface area contributed by atoms with Crippen LogP contribution in [-0.2, 0) is 0 Å². The Kier molecular flexibility index (Phi) is 4.67. The van der Waals surface area contributed by atoms with E-state index >= 15 is 0 Å². The SMILES string of the molecule is CSc1ccccc1C(Cl)C(C)c1ccccn1. The first-order chi connectivity index (χ1) is 8.74. The quantitative estimate of drug-likeness (QED) is 0.583. The number of nitrogens with zero attached hydrogens (tertiary/aromatic N) is 1. The van der Waals surface area contributed by atoms with Crippen molar-refractivity contribution in [3.63, 3.8) is 0 Å². The van der Waals surface area contributed by atoms with Crippen molar-refractivity contribution in [1.82, 2.24) is 4.98 Å². The maximum absolute atomic E-state index is 6.62. The predicted octanol–water partition coefficient (Wildman–Crippen LogP) is 4.89. The maximum Gasteiger partial charge on any atom is 0.0677 e. The van der Waals surface area contributed by atoms with Gasteiger partial charge in [0.05, 0.1) is 5.38 Å². The Balaban J connectivity index is 2.28. The van der Waals surface area contributed by atoms with Crippen molar-refractivity contribution in [1.29, 1.82) is 0 Å². The zero-order valence-electron chi connectivity index (χ0n) is 10.5. The van der Waals surface area contributed by atoms with Crippen molar-refractivity contribution in [2.75, 3.05) is 6.26 Å². The fourth-order valence-electron chi connectivity index (χ4n) is 1.96. The molecule has 2 rings (SSSR count). The van der Waals surface area contributed by atoms with Crippen LogP contribution in [0.3, 0.4) is 0 Å². The molecule has 0 fully saturated rings. The summed E-state index contributed by atoms with van der Waals surface area (Å²) in [6.07, 6.45) is 3.89. The predicted molar refractivity (Wildman–Crippen MR) is 79.5 cm³/mol. The molecule has 1 aromatic heterocycles. The van der Waals surface area contributed by atoms with Crippen molar-refractivity contribution in [2.24, 2.45) is 0 Å². The van der Waals surface area contributed by atoms with Crippen LogP contribution in [0.5, 0.6) is 0 Å². The number of thioether (sulfide) groups is 1. The first-order valence-corrected chi connectivity index (χ1v) is 7.58. The van der Waals surface area contributed by atoms with Crippen molar-refractivity contribution >= 4 is 23.4 Å². The summed E-state index contributed by atoms with van der Waals surface area (Å²) >= 11 is 8.35. The smallest absolute Gasteiger partial charge is 0.0677 e. The van der Waals surface area contributed by atoms with Gasteiger partial charge >= 0.3 is 0 Å². The lowest BCUT2D eigenvalue weighted by atomic mass is 9.97. The Morgan fingerprint density at radius 2 is 1.83 bits per heavy atom. The second kappa shape index (κ2) is 6.26. The van der Waals surface area contributed by atoms with E-state index in [1.165, 1.54) is 10.5 Å². The van der Waals surface area contributed by atoms with Crippen LogP contribution >= 0.6 is 23.4 Å². The standard InChI is InChI=1S/C15H16ClNS/c1-11(13-8-5-6-10-17-13)15(16)12-7-3-4-9-14(12)18-2/h3-11,15H,1-2H3. The van der Waals surface area contributed by atoms with Gasteiger partial charge in [-0.15, -0.1) is 23.4 Å². The molecule has 1 aromatic carbocycles. The molecule has 0 bridgehead atoms. The highest BCUT2D eigenvalue weighted by Gasteiger charge is 2.21. The molecule has 0 spiro atoms. The summed E-state index contributed by atoms with van der Waals surface area (Å²) in [5, 5.41) is -0.0523. The van der Waals surface area contributed by atoms with Crippen molar-refractivity contribution < 1.29 is 0 Å². The molecular formula is C15H16ClNS. The van der Waals surface area contributed by atoms with Gasteiger partial charge in [-0.2, -0.15) is 0 Å². The first-order valence-electron chi connectivity index (χ1n) is 5.92. The molecule has 94 valence electrons. The Hall–Kier alpha value is -0.990. The fourth-order valence-corrected chi connectivity index (χ4v) is 2.99. The average molecular weight is 278 g/mol. The molecule has 2 aromatic rings. The molecule has 0 saturated heterocycles. The molecule has 3 heteroatoms. The lowest BCUT2D eigenvalue weighted by Crippen LogP contribution is -2.05. The molecule has 0 aliphatic carbocycles. The molecule has 0 aliphatic heterocycles. The fraction of sp³-hybridized carbons (Fsp3) is 0.267. The number of hydrogen-bond donors (Lipinski definition) is 0. The summed E-state index contributed by atoms with van der Waals surface area (Å²) in [6, 6.07) is 14.3. The minimum Gasteiger partial charge on any atom is -0.261 e. The molecule has 0 saturated carbocycles. The monoisotopic (exact) mass is 277 g/mol. The third-order valence-corrected chi connectivity index (χ3v) is 4.45. The molecule has 2 unspecified atom stereocenters. The number of benzene rings is 1. The zero-order chi connectivity index (χ0) is 13.0. The Morgan fingerprint density at radius 1 is 1.11 bits per heavy atom. The van der Waals surface area contributed by atoms with Gasteiger partial charge in [0.2, 0.25) is 0 Å². The summed E-state index contributed by atoms with van der Waals surface area (Å²) in [5.41, 5.74) is 2.22. The average Bonchev–Trinajstić information content (AvgIpc) is 2.46. The summed E-state index contributed by atoms with van der Waals surface area (Å²) < 4.78 is 0. The molecule has 0 aliphatic rings. The second-order valence-corrected chi connectivity index (χ2v) is 5.51. The van der Waals surface area contributed by atoms with Crippen LogP contribution in [0.2, 0.25) is 0 Å². The highest BCUT2D eigenvalue weighted by Crippen LogP contribution is 2.39. The van der Waals surface area contributed by atoms with Crippen LogP contribution in [-0.4, -0.2) is 11.2 Å². The van der Waals surface area contributed by atoms with Gasteiger partial charge in [-0.25, -0.2) is 0 Å². The number of alkyl halides is 1. The normalized spacial score (nSPS) is 14.2. The minimum atomic E-state index is -0.0523. The number of pyridine rings is 1. The summed E-state index contributed by atoms with van der Waals surface area (Å²) in [4.78, 5) is 5.63. The highest BCUT2D eigenvalue weighted by molar-refractivity contribution is 7.98. The van der Waals surface area contributed by atoms with E-state index in [1.54, 1.807) is 11.8 Å². The second-order valence-electron chi connectivity index (χ2n) is 4.19. The van der Waals surface area contributed by atoms with Crippen LogP contribution in [0.15, 0.2) is 53.6 Å². The molecule has 2 atom stereocenters. The molecule has 1 heterocycles. The van der Waals surface area contributed by atoms with E-state index < -0.39 is 0 Å². The van der Waals surface area contributed by atoms with E-state index in [2.05, 4.69) is 30.3 Å². The third kappa shape index (κ3) is 2.88. The molecule has 0 N–H and O–H groups in total. The van der Waals surface area contributed by atoms with Gasteiger partial charge in [0, 0.05) is 22.7 Å². The van der Waals surface area contributed by atoms with E-state index in [9.17, 15) is 0 Å². The number of halogens is 1. The number of hydrogen-bond acceptors (Lipinski definition) is 2. The van der Waals surface area contributed by atoms with E-state index in [0.717, 1.165) is 5.69 Å². The largest absolute Gasteiger partial charge is 0.261 e. The summed E-state index contributed by atoms with van der Waals surface area (Å²) in [6.45, 7) is 2.12. The number of aromatic nitrogens is 1. The van der Waals surface area contributed by atoms with Crippen LogP contribution in [0.4, 0.5) is 0 Å². The number of rotatable bonds is 4. The molecule has 0 radical (unpaired) electrons.